The number of hydrogen-bond acceptors (Lipinski definition) is 4. The Hall–Kier alpha value is -2.76. The van der Waals surface area contributed by atoms with Gasteiger partial charge in [0.2, 0.25) is 0 Å². The maximum absolute atomic E-state index is 12.5. The molecular formula is C25H33N3O3. The molecule has 31 heavy (non-hydrogen) atoms. The van der Waals surface area contributed by atoms with E-state index in [0.29, 0.717) is 36.1 Å². The number of likely N-dealkylation sites (tertiary alicyclic amines) is 1. The predicted octanol–water partition coefficient (Wildman–Crippen LogP) is 6.04. The molecule has 0 radical (unpaired) electrons. The lowest BCUT2D eigenvalue weighted by Crippen LogP contribution is -2.39. The van der Waals surface area contributed by atoms with E-state index >= 15 is 0 Å². The van der Waals surface area contributed by atoms with Crippen molar-refractivity contribution >= 4 is 17.8 Å². The van der Waals surface area contributed by atoms with E-state index in [2.05, 4.69) is 54.7 Å². The summed E-state index contributed by atoms with van der Waals surface area (Å²) in [5.41, 5.74) is 3.61. The van der Waals surface area contributed by atoms with Gasteiger partial charge in [0.15, 0.2) is 5.76 Å². The Kier molecular flexibility index (Phi) is 6.35. The van der Waals surface area contributed by atoms with Gasteiger partial charge in [-0.1, -0.05) is 42.8 Å². The molecule has 1 aliphatic heterocycles. The summed E-state index contributed by atoms with van der Waals surface area (Å²) < 4.78 is 11.3. The summed E-state index contributed by atoms with van der Waals surface area (Å²) in [6, 6.07) is 8.29. The maximum atomic E-state index is 12.5. The zero-order valence-corrected chi connectivity index (χ0v) is 18.8. The van der Waals surface area contributed by atoms with Crippen molar-refractivity contribution < 1.29 is 14.1 Å². The number of aromatic nitrogens is 1. The van der Waals surface area contributed by atoms with Gasteiger partial charge >= 0.3 is 6.03 Å². The van der Waals surface area contributed by atoms with E-state index in [0.717, 1.165) is 31.4 Å². The Morgan fingerprint density at radius 3 is 2.68 bits per heavy atom. The topological polar surface area (TPSA) is 67.6 Å². The maximum Gasteiger partial charge on any atom is 0.322 e. The second kappa shape index (κ2) is 9.16. The van der Waals surface area contributed by atoms with Gasteiger partial charge in [-0.2, -0.15) is 0 Å². The number of rotatable bonds is 4. The second-order valence-electron chi connectivity index (χ2n) is 9.57. The normalized spacial score (nSPS) is 19.2. The standard InChI is InChI=1S/C25H33N3O3/c1-18-23(17-26-31-18)27-24(29)28-13-9-19(10-14-28)15-20-5-4-6-22(16-20)30-21-7-11-25(2,3)12-8-21/h4-6,15-17,21H,7-14H2,1-3H3,(H,27,29). The average Bonchev–Trinajstić information content (AvgIpc) is 3.15. The van der Waals surface area contributed by atoms with E-state index in [1.54, 1.807) is 6.92 Å². The highest BCUT2D eigenvalue weighted by Crippen LogP contribution is 2.36. The van der Waals surface area contributed by atoms with Crippen LogP contribution >= 0.6 is 0 Å². The first kappa shape index (κ1) is 21.5. The molecule has 0 atom stereocenters. The van der Waals surface area contributed by atoms with Crippen LogP contribution in [0.1, 0.15) is 63.7 Å². The van der Waals surface area contributed by atoms with Gasteiger partial charge in [-0.05, 0) is 68.6 Å². The molecule has 0 spiro atoms. The number of amides is 2. The van der Waals surface area contributed by atoms with E-state index < -0.39 is 0 Å². The number of carbonyl (C=O) groups excluding carboxylic acids is 1. The number of aryl methyl sites for hydroxylation is 1. The Labute approximate surface area is 184 Å². The van der Waals surface area contributed by atoms with Crippen molar-refractivity contribution in [3.05, 3.63) is 47.4 Å². The lowest BCUT2D eigenvalue weighted by molar-refractivity contribution is 0.0987. The minimum Gasteiger partial charge on any atom is -0.490 e. The molecule has 2 aliphatic rings. The highest BCUT2D eigenvalue weighted by molar-refractivity contribution is 5.89. The SMILES string of the molecule is Cc1oncc1NC(=O)N1CCC(=Cc2cccc(OC3CCC(C)(C)CC3)c2)CC1. The molecule has 2 fully saturated rings. The molecule has 1 saturated heterocycles. The number of ether oxygens (including phenoxy) is 1. The predicted molar refractivity (Wildman–Crippen MR) is 122 cm³/mol. The molecule has 4 rings (SSSR count). The van der Waals surface area contributed by atoms with Gasteiger partial charge in [-0.25, -0.2) is 4.79 Å². The second-order valence-corrected chi connectivity index (χ2v) is 9.57. The van der Waals surface area contributed by atoms with E-state index in [9.17, 15) is 4.79 Å². The molecule has 2 aromatic rings. The fraction of sp³-hybridized carbons (Fsp3) is 0.520. The number of nitrogens with one attached hydrogen (secondary N) is 1. The van der Waals surface area contributed by atoms with Crippen LogP contribution < -0.4 is 10.1 Å². The average molecular weight is 424 g/mol. The zero-order valence-electron chi connectivity index (χ0n) is 18.8. The van der Waals surface area contributed by atoms with Crippen LogP contribution in [0, 0.1) is 12.3 Å². The highest BCUT2D eigenvalue weighted by Gasteiger charge is 2.27. The first-order valence-corrected chi connectivity index (χ1v) is 11.3. The van der Waals surface area contributed by atoms with Crippen LogP contribution in [-0.4, -0.2) is 35.3 Å². The fourth-order valence-corrected chi connectivity index (χ4v) is 4.35. The van der Waals surface area contributed by atoms with Crippen molar-refractivity contribution in [3.63, 3.8) is 0 Å². The van der Waals surface area contributed by atoms with Crippen molar-refractivity contribution in [2.24, 2.45) is 5.41 Å². The summed E-state index contributed by atoms with van der Waals surface area (Å²) in [5, 5.41) is 6.57. The minimum absolute atomic E-state index is 0.101. The van der Waals surface area contributed by atoms with Gasteiger partial charge in [-0.3, -0.25) is 0 Å². The molecule has 1 N–H and O–H groups in total. The summed E-state index contributed by atoms with van der Waals surface area (Å²) >= 11 is 0. The molecule has 2 amide bonds. The number of anilines is 1. The van der Waals surface area contributed by atoms with Crippen LogP contribution in [0.4, 0.5) is 10.5 Å². The molecule has 0 unspecified atom stereocenters. The largest absolute Gasteiger partial charge is 0.490 e. The highest BCUT2D eigenvalue weighted by atomic mass is 16.5. The number of piperidine rings is 1. The van der Waals surface area contributed by atoms with Crippen LogP contribution in [0.15, 0.2) is 40.6 Å². The van der Waals surface area contributed by atoms with Gasteiger partial charge < -0.3 is 19.5 Å². The third kappa shape index (κ3) is 5.69. The molecule has 1 aromatic carbocycles. The van der Waals surface area contributed by atoms with Crippen molar-refractivity contribution in [3.8, 4) is 5.75 Å². The quantitative estimate of drug-likeness (QED) is 0.651. The molecule has 1 saturated carbocycles. The number of nitrogens with zero attached hydrogens (tertiary/aromatic N) is 2. The first-order chi connectivity index (χ1) is 14.9. The van der Waals surface area contributed by atoms with Crippen LogP contribution in [-0.2, 0) is 0 Å². The minimum atomic E-state index is -0.101. The van der Waals surface area contributed by atoms with E-state index in [1.807, 2.05) is 4.90 Å². The molecule has 1 aliphatic carbocycles. The lowest BCUT2D eigenvalue weighted by atomic mass is 9.76. The summed E-state index contributed by atoms with van der Waals surface area (Å²) in [4.78, 5) is 14.3. The Balaban J connectivity index is 1.30. The zero-order chi connectivity index (χ0) is 21.8. The van der Waals surface area contributed by atoms with Gasteiger partial charge in [0, 0.05) is 13.1 Å². The Bertz CT molecular complexity index is 927. The molecule has 166 valence electrons. The lowest BCUT2D eigenvalue weighted by Gasteiger charge is -2.34. The van der Waals surface area contributed by atoms with Gasteiger partial charge in [0.1, 0.15) is 11.4 Å². The summed E-state index contributed by atoms with van der Waals surface area (Å²) in [7, 11) is 0. The summed E-state index contributed by atoms with van der Waals surface area (Å²) in [6.45, 7) is 7.89. The Morgan fingerprint density at radius 2 is 2.00 bits per heavy atom. The number of hydrogen-bond donors (Lipinski definition) is 1. The van der Waals surface area contributed by atoms with Crippen LogP contribution in [0.2, 0.25) is 0 Å². The summed E-state index contributed by atoms with van der Waals surface area (Å²) in [6.07, 6.45) is 10.6. The van der Waals surface area contributed by atoms with Crippen LogP contribution in [0.3, 0.4) is 0 Å². The van der Waals surface area contributed by atoms with Gasteiger partial charge in [0.05, 0.1) is 12.3 Å². The van der Waals surface area contributed by atoms with Crippen LogP contribution in [0.25, 0.3) is 6.08 Å². The molecule has 1 aromatic heterocycles. The molecule has 2 heterocycles. The molecule has 6 heteroatoms. The summed E-state index contributed by atoms with van der Waals surface area (Å²) in [5.74, 6) is 1.57. The number of urea groups is 1. The van der Waals surface area contributed by atoms with Crippen LogP contribution in [0.5, 0.6) is 5.75 Å². The smallest absolute Gasteiger partial charge is 0.322 e. The fourth-order valence-electron chi connectivity index (χ4n) is 4.35. The van der Waals surface area contributed by atoms with Gasteiger partial charge in [0.25, 0.3) is 0 Å². The Morgan fingerprint density at radius 1 is 1.26 bits per heavy atom. The monoisotopic (exact) mass is 423 g/mol. The number of benzene rings is 1. The van der Waals surface area contributed by atoms with Crippen molar-refractivity contribution in [2.45, 2.75) is 65.4 Å². The van der Waals surface area contributed by atoms with Crippen molar-refractivity contribution in [2.75, 3.05) is 18.4 Å². The third-order valence-electron chi connectivity index (χ3n) is 6.50. The number of carbonyl (C=O) groups is 1. The van der Waals surface area contributed by atoms with Crippen molar-refractivity contribution in [1.29, 1.82) is 0 Å². The van der Waals surface area contributed by atoms with E-state index in [-0.39, 0.29) is 6.03 Å². The third-order valence-corrected chi connectivity index (χ3v) is 6.50. The van der Waals surface area contributed by atoms with E-state index in [4.69, 9.17) is 9.26 Å². The van der Waals surface area contributed by atoms with Crippen molar-refractivity contribution in [1.82, 2.24) is 10.1 Å². The van der Waals surface area contributed by atoms with Gasteiger partial charge in [-0.15, -0.1) is 0 Å². The molecule has 6 nitrogen and oxygen atoms in total. The molecular weight excluding hydrogens is 390 g/mol. The molecule has 0 bridgehead atoms. The first-order valence-electron chi connectivity index (χ1n) is 11.3. The van der Waals surface area contributed by atoms with E-state index in [1.165, 1.54) is 30.2 Å².